The van der Waals surface area contributed by atoms with Gasteiger partial charge in [0.25, 0.3) is 0 Å². The minimum atomic E-state index is -0.348. The number of anilines is 2. The number of benzene rings is 1. The Morgan fingerprint density at radius 1 is 1.32 bits per heavy atom. The molecule has 130 valence electrons. The Kier molecular flexibility index (Phi) is 5.13. The predicted octanol–water partition coefficient (Wildman–Crippen LogP) is 2.41. The minimum absolute atomic E-state index is 0.0177. The Labute approximate surface area is 146 Å². The monoisotopic (exact) mass is 340 g/mol. The lowest BCUT2D eigenvalue weighted by atomic mass is 10.2. The molecule has 3 amide bonds. The molecule has 1 aliphatic heterocycles. The predicted molar refractivity (Wildman–Crippen MR) is 94.8 cm³/mol. The van der Waals surface area contributed by atoms with Crippen LogP contribution in [0, 0.1) is 0 Å². The van der Waals surface area contributed by atoms with Crippen molar-refractivity contribution in [3.8, 4) is 5.75 Å². The van der Waals surface area contributed by atoms with E-state index in [0.717, 1.165) is 11.4 Å². The zero-order chi connectivity index (χ0) is 17.6. The van der Waals surface area contributed by atoms with Crippen molar-refractivity contribution in [2.75, 3.05) is 23.4 Å². The van der Waals surface area contributed by atoms with Gasteiger partial charge in [0, 0.05) is 24.8 Å². The summed E-state index contributed by atoms with van der Waals surface area (Å²) < 4.78 is 5.41. The van der Waals surface area contributed by atoms with Gasteiger partial charge in [0.15, 0.2) is 0 Å². The average molecular weight is 340 g/mol. The van der Waals surface area contributed by atoms with Crippen molar-refractivity contribution in [2.45, 2.75) is 19.4 Å². The van der Waals surface area contributed by atoms with E-state index in [1.165, 1.54) is 0 Å². The second-order valence-electron chi connectivity index (χ2n) is 5.67. The van der Waals surface area contributed by atoms with Crippen LogP contribution in [-0.4, -0.2) is 36.1 Å². The van der Waals surface area contributed by atoms with E-state index >= 15 is 0 Å². The van der Waals surface area contributed by atoms with Gasteiger partial charge in [-0.2, -0.15) is 0 Å². The van der Waals surface area contributed by atoms with Gasteiger partial charge in [-0.05, 0) is 43.3 Å². The summed E-state index contributed by atoms with van der Waals surface area (Å²) in [7, 11) is 0. The number of hydrogen-bond donors (Lipinski definition) is 2. The first-order valence-electron chi connectivity index (χ1n) is 8.16. The highest BCUT2D eigenvalue weighted by Gasteiger charge is 2.31. The van der Waals surface area contributed by atoms with Crippen LogP contribution in [0.2, 0.25) is 0 Å². The third-order valence-corrected chi connectivity index (χ3v) is 3.84. The van der Waals surface area contributed by atoms with Gasteiger partial charge in [0.05, 0.1) is 24.5 Å². The lowest BCUT2D eigenvalue weighted by molar-refractivity contribution is -0.117. The quantitative estimate of drug-likeness (QED) is 0.875. The largest absolute Gasteiger partial charge is 0.494 e. The van der Waals surface area contributed by atoms with E-state index in [1.807, 2.05) is 31.2 Å². The number of nitrogens with zero attached hydrogens (tertiary/aromatic N) is 2. The van der Waals surface area contributed by atoms with E-state index in [1.54, 1.807) is 29.4 Å². The normalized spacial score (nSPS) is 16.6. The van der Waals surface area contributed by atoms with Gasteiger partial charge in [0.1, 0.15) is 5.75 Å². The summed E-state index contributed by atoms with van der Waals surface area (Å²) in [6, 6.07) is 10.3. The van der Waals surface area contributed by atoms with E-state index in [0.29, 0.717) is 18.8 Å². The molecule has 0 radical (unpaired) electrons. The first kappa shape index (κ1) is 16.8. The molecule has 0 unspecified atom stereocenters. The van der Waals surface area contributed by atoms with E-state index < -0.39 is 0 Å². The SMILES string of the molecule is CCOc1ccc(N2C[C@H](NC(=O)Nc3cccnc3)CC2=O)cc1. The number of nitrogens with one attached hydrogen (secondary N) is 2. The minimum Gasteiger partial charge on any atom is -0.494 e. The summed E-state index contributed by atoms with van der Waals surface area (Å²) in [6.45, 7) is 2.96. The van der Waals surface area contributed by atoms with Crippen molar-refractivity contribution in [2.24, 2.45) is 0 Å². The fourth-order valence-electron chi connectivity index (χ4n) is 2.73. The highest BCUT2D eigenvalue weighted by atomic mass is 16.5. The van der Waals surface area contributed by atoms with Crippen LogP contribution < -0.4 is 20.3 Å². The maximum Gasteiger partial charge on any atom is 0.319 e. The van der Waals surface area contributed by atoms with Crippen LogP contribution in [0.15, 0.2) is 48.8 Å². The van der Waals surface area contributed by atoms with E-state index in [9.17, 15) is 9.59 Å². The number of pyridine rings is 1. The maximum absolute atomic E-state index is 12.2. The summed E-state index contributed by atoms with van der Waals surface area (Å²) in [6.07, 6.45) is 3.46. The van der Waals surface area contributed by atoms with E-state index in [2.05, 4.69) is 15.6 Å². The van der Waals surface area contributed by atoms with Gasteiger partial charge in [-0.1, -0.05) is 0 Å². The first-order chi connectivity index (χ1) is 12.2. The Bertz CT molecular complexity index is 734. The molecule has 1 aromatic carbocycles. The fraction of sp³-hybridized carbons (Fsp3) is 0.278. The smallest absolute Gasteiger partial charge is 0.319 e. The van der Waals surface area contributed by atoms with Crippen molar-refractivity contribution in [3.63, 3.8) is 0 Å². The Morgan fingerprint density at radius 2 is 2.12 bits per heavy atom. The van der Waals surface area contributed by atoms with Gasteiger partial charge in [-0.15, -0.1) is 0 Å². The van der Waals surface area contributed by atoms with Crippen molar-refractivity contribution < 1.29 is 14.3 Å². The number of ether oxygens (including phenoxy) is 1. The van der Waals surface area contributed by atoms with Crippen LogP contribution >= 0.6 is 0 Å². The number of carbonyl (C=O) groups excluding carboxylic acids is 2. The maximum atomic E-state index is 12.2. The molecule has 1 fully saturated rings. The number of carbonyl (C=O) groups is 2. The summed E-state index contributed by atoms with van der Waals surface area (Å²) in [5.74, 6) is 0.749. The molecule has 2 aromatic rings. The van der Waals surface area contributed by atoms with Gasteiger partial charge in [-0.3, -0.25) is 9.78 Å². The van der Waals surface area contributed by atoms with Crippen LogP contribution in [-0.2, 0) is 4.79 Å². The zero-order valence-corrected chi connectivity index (χ0v) is 13.9. The number of hydrogen-bond acceptors (Lipinski definition) is 4. The molecule has 0 spiro atoms. The number of amides is 3. The third kappa shape index (κ3) is 4.26. The molecule has 7 nitrogen and oxygen atoms in total. The van der Waals surface area contributed by atoms with Crippen molar-refractivity contribution in [1.29, 1.82) is 0 Å². The molecule has 2 heterocycles. The van der Waals surface area contributed by atoms with Gasteiger partial charge >= 0.3 is 6.03 Å². The van der Waals surface area contributed by atoms with Crippen LogP contribution in [0.25, 0.3) is 0 Å². The summed E-state index contributed by atoms with van der Waals surface area (Å²) in [5, 5.41) is 5.53. The molecule has 1 saturated heterocycles. The molecular weight excluding hydrogens is 320 g/mol. The summed E-state index contributed by atoms with van der Waals surface area (Å²) in [5.41, 5.74) is 1.40. The summed E-state index contributed by atoms with van der Waals surface area (Å²) in [4.78, 5) is 29.9. The average Bonchev–Trinajstić information content (AvgIpc) is 2.97. The first-order valence-corrected chi connectivity index (χ1v) is 8.16. The van der Waals surface area contributed by atoms with Gasteiger partial charge in [-0.25, -0.2) is 4.79 Å². The molecule has 25 heavy (non-hydrogen) atoms. The zero-order valence-electron chi connectivity index (χ0n) is 13.9. The Balaban J connectivity index is 1.57. The highest BCUT2D eigenvalue weighted by molar-refractivity contribution is 5.97. The summed E-state index contributed by atoms with van der Waals surface area (Å²) >= 11 is 0. The lowest BCUT2D eigenvalue weighted by Gasteiger charge is -2.18. The van der Waals surface area contributed by atoms with Gasteiger partial charge < -0.3 is 20.3 Å². The molecule has 2 N–H and O–H groups in total. The fourth-order valence-corrected chi connectivity index (χ4v) is 2.73. The molecule has 1 atom stereocenters. The molecule has 1 aliphatic rings. The van der Waals surface area contributed by atoms with Crippen LogP contribution in [0.4, 0.5) is 16.2 Å². The van der Waals surface area contributed by atoms with Crippen LogP contribution in [0.5, 0.6) is 5.75 Å². The molecule has 3 rings (SSSR count). The Hall–Kier alpha value is -3.09. The third-order valence-electron chi connectivity index (χ3n) is 3.84. The van der Waals surface area contributed by atoms with Crippen LogP contribution in [0.3, 0.4) is 0 Å². The van der Waals surface area contributed by atoms with Crippen molar-refractivity contribution in [1.82, 2.24) is 10.3 Å². The number of rotatable bonds is 5. The second-order valence-corrected chi connectivity index (χ2v) is 5.67. The van der Waals surface area contributed by atoms with E-state index in [4.69, 9.17) is 4.74 Å². The standard InChI is InChI=1S/C18H20N4O3/c1-2-25-16-7-5-15(6-8-16)22-12-14(10-17(22)23)21-18(24)20-13-4-3-9-19-11-13/h3-9,11,14H,2,10,12H2,1H3,(H2,20,21,24)/t14-/m1/s1. The second kappa shape index (κ2) is 7.65. The topological polar surface area (TPSA) is 83.6 Å². The number of aromatic nitrogens is 1. The molecule has 7 heteroatoms. The molecular formula is C18H20N4O3. The van der Waals surface area contributed by atoms with Gasteiger partial charge in [0.2, 0.25) is 5.91 Å². The lowest BCUT2D eigenvalue weighted by Crippen LogP contribution is -2.39. The van der Waals surface area contributed by atoms with Crippen molar-refractivity contribution >= 4 is 23.3 Å². The van der Waals surface area contributed by atoms with E-state index in [-0.39, 0.29) is 24.4 Å². The molecule has 1 aromatic heterocycles. The van der Waals surface area contributed by atoms with Crippen molar-refractivity contribution in [3.05, 3.63) is 48.8 Å². The molecule has 0 aliphatic carbocycles. The number of urea groups is 1. The van der Waals surface area contributed by atoms with Crippen LogP contribution in [0.1, 0.15) is 13.3 Å². The Morgan fingerprint density at radius 3 is 2.80 bits per heavy atom. The molecule has 0 bridgehead atoms. The molecule has 0 saturated carbocycles. The highest BCUT2D eigenvalue weighted by Crippen LogP contribution is 2.24.